The van der Waals surface area contributed by atoms with Crippen molar-refractivity contribution < 1.29 is 26.7 Å². The maximum Gasteiger partial charge on any atom is 0.337 e. The van der Waals surface area contributed by atoms with E-state index in [1.165, 1.54) is 18.2 Å². The Morgan fingerprint density at radius 1 is 1.26 bits per heavy atom. The number of hydrogen-bond donors (Lipinski definition) is 2. The highest BCUT2D eigenvalue weighted by Crippen LogP contribution is 2.19. The predicted octanol–water partition coefficient (Wildman–Crippen LogP) is 0.437. The van der Waals surface area contributed by atoms with E-state index in [2.05, 4.69) is 0 Å². The second-order valence-electron chi connectivity index (χ2n) is 4.11. The molecule has 106 valence electrons. The number of carboxylic acid groups (broad SMARTS) is 1. The lowest BCUT2D eigenvalue weighted by molar-refractivity contribution is 0.0698. The fraction of sp³-hybridized carbons (Fsp3) is 0.300. The average molecular weight is 307 g/mol. The Hall–Kier alpha value is -1.61. The first-order valence-electron chi connectivity index (χ1n) is 5.02. The molecule has 1 aromatic rings. The Labute approximate surface area is 111 Å². The Balaban J connectivity index is 3.17. The number of rotatable bonds is 5. The van der Waals surface area contributed by atoms with Crippen molar-refractivity contribution in [2.24, 2.45) is 0 Å². The number of benzene rings is 1. The molecule has 0 aliphatic carbocycles. The third-order valence-electron chi connectivity index (χ3n) is 2.04. The summed E-state index contributed by atoms with van der Waals surface area (Å²) in [7, 11) is -7.90. The summed E-state index contributed by atoms with van der Waals surface area (Å²) in [5.41, 5.74) is 0.238. The molecule has 19 heavy (non-hydrogen) atoms. The van der Waals surface area contributed by atoms with Crippen molar-refractivity contribution in [1.82, 2.24) is 0 Å². The van der Waals surface area contributed by atoms with Crippen molar-refractivity contribution in [3.63, 3.8) is 0 Å². The number of aromatic carboxylic acids is 1. The van der Waals surface area contributed by atoms with E-state index < -0.39 is 30.9 Å². The van der Waals surface area contributed by atoms with Gasteiger partial charge in [-0.3, -0.25) is 4.72 Å². The van der Waals surface area contributed by atoms with Gasteiger partial charge in [-0.2, -0.15) is 0 Å². The van der Waals surface area contributed by atoms with Gasteiger partial charge < -0.3 is 5.11 Å². The van der Waals surface area contributed by atoms with E-state index in [0.717, 1.165) is 6.26 Å². The first-order valence-corrected chi connectivity index (χ1v) is 8.73. The number of sulfone groups is 1. The van der Waals surface area contributed by atoms with Gasteiger partial charge in [-0.1, -0.05) is 11.6 Å². The fourth-order valence-electron chi connectivity index (χ4n) is 1.40. The molecule has 0 bridgehead atoms. The van der Waals surface area contributed by atoms with E-state index in [-0.39, 0.29) is 11.3 Å². The third-order valence-corrected chi connectivity index (χ3v) is 5.52. The number of carboxylic acids is 1. The van der Waals surface area contributed by atoms with Crippen molar-refractivity contribution >= 4 is 31.5 Å². The molecule has 9 heteroatoms. The molecule has 0 radical (unpaired) electrons. The number of sulfonamides is 1. The minimum Gasteiger partial charge on any atom is -0.478 e. The van der Waals surface area contributed by atoms with Gasteiger partial charge >= 0.3 is 5.97 Å². The van der Waals surface area contributed by atoms with Crippen LogP contribution in [0.3, 0.4) is 0 Å². The molecular formula is C10H13NO6S2. The molecule has 0 heterocycles. The lowest BCUT2D eigenvalue weighted by Crippen LogP contribution is -2.23. The van der Waals surface area contributed by atoms with E-state index >= 15 is 0 Å². The van der Waals surface area contributed by atoms with Crippen molar-refractivity contribution in [2.75, 3.05) is 16.1 Å². The predicted molar refractivity (Wildman–Crippen MR) is 70.4 cm³/mol. The molecule has 0 amide bonds. The van der Waals surface area contributed by atoms with Crippen molar-refractivity contribution in [3.05, 3.63) is 29.3 Å². The highest BCUT2D eigenvalue weighted by Gasteiger charge is 2.21. The summed E-state index contributed by atoms with van der Waals surface area (Å²) in [6, 6.07) is 4.09. The van der Waals surface area contributed by atoms with Crippen molar-refractivity contribution in [3.8, 4) is 0 Å². The van der Waals surface area contributed by atoms with Gasteiger partial charge in [-0.25, -0.2) is 21.6 Å². The summed E-state index contributed by atoms with van der Waals surface area (Å²) >= 11 is 0. The average Bonchev–Trinajstić information content (AvgIpc) is 2.16. The highest BCUT2D eigenvalue weighted by atomic mass is 32.3. The number of aryl methyl sites for hydroxylation is 1. The number of anilines is 1. The Morgan fingerprint density at radius 2 is 1.84 bits per heavy atom. The van der Waals surface area contributed by atoms with E-state index in [1.54, 1.807) is 6.92 Å². The lowest BCUT2D eigenvalue weighted by atomic mass is 10.1. The molecule has 1 aromatic carbocycles. The van der Waals surface area contributed by atoms with Gasteiger partial charge in [-0.15, -0.1) is 0 Å². The van der Waals surface area contributed by atoms with Crippen LogP contribution in [0.4, 0.5) is 5.69 Å². The summed E-state index contributed by atoms with van der Waals surface area (Å²) in [6.07, 6.45) is 0.777. The maximum absolute atomic E-state index is 11.6. The summed E-state index contributed by atoms with van der Waals surface area (Å²) in [6.45, 7) is 1.65. The molecule has 0 aromatic heterocycles. The minimum absolute atomic E-state index is 0.165. The van der Waals surface area contributed by atoms with Crippen molar-refractivity contribution in [1.29, 1.82) is 0 Å². The van der Waals surface area contributed by atoms with E-state index in [0.29, 0.717) is 5.56 Å². The maximum atomic E-state index is 11.6. The van der Waals surface area contributed by atoms with Crippen LogP contribution in [-0.2, 0) is 19.9 Å². The van der Waals surface area contributed by atoms with Crippen LogP contribution in [0.15, 0.2) is 18.2 Å². The molecule has 0 aliphatic heterocycles. The summed E-state index contributed by atoms with van der Waals surface area (Å²) in [5, 5.41) is 7.86. The van der Waals surface area contributed by atoms with Crippen LogP contribution in [0.2, 0.25) is 0 Å². The van der Waals surface area contributed by atoms with Crippen LogP contribution in [-0.4, -0.2) is 39.3 Å². The van der Waals surface area contributed by atoms with Gasteiger partial charge in [0.15, 0.2) is 14.9 Å². The van der Waals surface area contributed by atoms with Crippen LogP contribution >= 0.6 is 0 Å². The van der Waals surface area contributed by atoms with Crippen molar-refractivity contribution in [2.45, 2.75) is 6.92 Å². The van der Waals surface area contributed by atoms with Gasteiger partial charge in [0.05, 0.1) is 11.3 Å². The monoisotopic (exact) mass is 307 g/mol. The zero-order valence-corrected chi connectivity index (χ0v) is 11.9. The van der Waals surface area contributed by atoms with Crippen LogP contribution in [0.5, 0.6) is 0 Å². The molecule has 0 saturated heterocycles. The number of hydrogen-bond acceptors (Lipinski definition) is 5. The molecule has 0 atom stereocenters. The molecule has 0 fully saturated rings. The quantitative estimate of drug-likeness (QED) is 0.815. The fourth-order valence-corrected chi connectivity index (χ4v) is 4.41. The smallest absolute Gasteiger partial charge is 0.337 e. The molecule has 7 nitrogen and oxygen atoms in total. The molecule has 0 unspecified atom stereocenters. The van der Waals surface area contributed by atoms with E-state index in [9.17, 15) is 21.6 Å². The molecule has 0 aliphatic rings. The molecule has 0 spiro atoms. The number of nitrogens with one attached hydrogen (secondary N) is 1. The molecule has 0 saturated carbocycles. The van der Waals surface area contributed by atoms with E-state index in [1.807, 2.05) is 4.72 Å². The molecule has 1 rings (SSSR count). The van der Waals surface area contributed by atoms with Crippen LogP contribution < -0.4 is 4.72 Å². The second-order valence-corrected chi connectivity index (χ2v) is 8.34. The van der Waals surface area contributed by atoms with Gasteiger partial charge in [0.2, 0.25) is 10.0 Å². The normalized spacial score (nSPS) is 12.1. The summed E-state index contributed by atoms with van der Waals surface area (Å²) in [5.74, 6) is -1.30. The van der Waals surface area contributed by atoms with Crippen LogP contribution in [0, 0.1) is 6.92 Å². The zero-order valence-electron chi connectivity index (χ0n) is 10.2. The second kappa shape index (κ2) is 5.17. The topological polar surface area (TPSA) is 118 Å². The molecule has 2 N–H and O–H groups in total. The van der Waals surface area contributed by atoms with Crippen LogP contribution in [0.1, 0.15) is 15.9 Å². The first-order chi connectivity index (χ1) is 8.50. The third kappa shape index (κ3) is 4.87. The SMILES string of the molecule is Cc1ccc(NS(=O)(=O)CS(C)(=O)=O)c(C(=O)O)c1. The van der Waals surface area contributed by atoms with Gasteiger partial charge in [0.25, 0.3) is 0 Å². The Kier molecular flexibility index (Phi) is 4.21. The van der Waals surface area contributed by atoms with Gasteiger partial charge in [0, 0.05) is 6.26 Å². The lowest BCUT2D eigenvalue weighted by Gasteiger charge is -2.10. The summed E-state index contributed by atoms with van der Waals surface area (Å²) < 4.78 is 47.1. The summed E-state index contributed by atoms with van der Waals surface area (Å²) in [4.78, 5) is 11.0. The highest BCUT2D eigenvalue weighted by molar-refractivity contribution is 8.08. The number of carbonyl (C=O) groups is 1. The Bertz CT molecular complexity index is 706. The van der Waals surface area contributed by atoms with Gasteiger partial charge in [0.1, 0.15) is 0 Å². The first kappa shape index (κ1) is 15.4. The largest absolute Gasteiger partial charge is 0.478 e. The zero-order chi connectivity index (χ0) is 14.8. The van der Waals surface area contributed by atoms with E-state index in [4.69, 9.17) is 5.11 Å². The standard InChI is InChI=1S/C10H13NO6S2/c1-7-3-4-9(8(5-7)10(12)13)11-19(16,17)6-18(2,14)15/h3-5,11H,6H2,1-2H3,(H,12,13). The Morgan fingerprint density at radius 3 is 2.32 bits per heavy atom. The minimum atomic E-state index is -4.16. The molecular weight excluding hydrogens is 294 g/mol. The van der Waals surface area contributed by atoms with Crippen LogP contribution in [0.25, 0.3) is 0 Å². The van der Waals surface area contributed by atoms with Gasteiger partial charge in [-0.05, 0) is 19.1 Å².